The Labute approximate surface area is 89.1 Å². The third-order valence-electron chi connectivity index (χ3n) is 2.59. The average Bonchev–Trinajstić information content (AvgIpc) is 2.47. The van der Waals surface area contributed by atoms with Gasteiger partial charge in [0.15, 0.2) is 0 Å². The highest BCUT2D eigenvalue weighted by Crippen LogP contribution is 2.37. The van der Waals surface area contributed by atoms with Crippen LogP contribution in [0.1, 0.15) is 37.6 Å². The summed E-state index contributed by atoms with van der Waals surface area (Å²) in [5, 5.41) is 1.22. The van der Waals surface area contributed by atoms with Crippen LogP contribution in [0, 0.1) is 6.92 Å². The van der Waals surface area contributed by atoms with E-state index < -0.39 is 0 Å². The Morgan fingerprint density at radius 1 is 1.46 bits per heavy atom. The molecule has 0 saturated carbocycles. The summed E-state index contributed by atoms with van der Waals surface area (Å²) < 4.78 is 4.45. The fourth-order valence-electron chi connectivity index (χ4n) is 1.43. The van der Waals surface area contributed by atoms with Crippen LogP contribution in [0.25, 0.3) is 0 Å². The van der Waals surface area contributed by atoms with Crippen molar-refractivity contribution >= 4 is 23.3 Å². The van der Waals surface area contributed by atoms with Crippen molar-refractivity contribution in [3.63, 3.8) is 0 Å². The molecule has 0 aliphatic carbocycles. The van der Waals surface area contributed by atoms with Crippen molar-refractivity contribution in [1.29, 1.82) is 0 Å². The highest BCUT2D eigenvalue weighted by molar-refractivity contribution is 7.98. The summed E-state index contributed by atoms with van der Waals surface area (Å²) in [6.07, 6.45) is 3.27. The molecule has 74 valence electrons. The summed E-state index contributed by atoms with van der Waals surface area (Å²) in [7, 11) is 0. The van der Waals surface area contributed by atoms with Gasteiger partial charge in [0.2, 0.25) is 0 Å². The van der Waals surface area contributed by atoms with Crippen molar-refractivity contribution in [1.82, 2.24) is 4.37 Å². The zero-order valence-electron chi connectivity index (χ0n) is 8.97. The van der Waals surface area contributed by atoms with Crippen LogP contribution in [0.4, 0.5) is 0 Å². The zero-order chi connectivity index (χ0) is 10.1. The van der Waals surface area contributed by atoms with Crippen LogP contribution in [0.3, 0.4) is 0 Å². The molecule has 0 aliphatic rings. The second-order valence-corrected chi connectivity index (χ2v) is 5.63. The molecule has 1 heterocycles. The van der Waals surface area contributed by atoms with Crippen LogP contribution < -0.4 is 0 Å². The van der Waals surface area contributed by atoms with E-state index >= 15 is 0 Å². The standard InChI is InChI=1S/C10H17NS2/c1-6-10(3,4)8-7(2)13-11-9(8)12-5/h6H2,1-5H3. The lowest BCUT2D eigenvalue weighted by Gasteiger charge is -2.23. The van der Waals surface area contributed by atoms with E-state index in [9.17, 15) is 0 Å². The molecule has 0 unspecified atom stereocenters. The van der Waals surface area contributed by atoms with E-state index in [1.54, 1.807) is 23.3 Å². The van der Waals surface area contributed by atoms with Gasteiger partial charge in [-0.2, -0.15) is 4.37 Å². The smallest absolute Gasteiger partial charge is 0.114 e. The normalized spacial score (nSPS) is 12.1. The quantitative estimate of drug-likeness (QED) is 0.710. The van der Waals surface area contributed by atoms with E-state index in [0.29, 0.717) is 0 Å². The Morgan fingerprint density at radius 3 is 2.54 bits per heavy atom. The minimum atomic E-state index is 0.273. The topological polar surface area (TPSA) is 12.9 Å². The van der Waals surface area contributed by atoms with Crippen molar-refractivity contribution in [2.75, 3.05) is 6.26 Å². The molecule has 0 amide bonds. The number of hydrogen-bond donors (Lipinski definition) is 0. The van der Waals surface area contributed by atoms with E-state index in [-0.39, 0.29) is 5.41 Å². The molecule has 0 aliphatic heterocycles. The largest absolute Gasteiger partial charge is 0.186 e. The number of thioether (sulfide) groups is 1. The number of aryl methyl sites for hydroxylation is 1. The van der Waals surface area contributed by atoms with Crippen LogP contribution in [-0.2, 0) is 5.41 Å². The Bertz CT molecular complexity index is 289. The number of nitrogens with zero attached hydrogens (tertiary/aromatic N) is 1. The Balaban J connectivity index is 3.18. The van der Waals surface area contributed by atoms with Gasteiger partial charge in [0.1, 0.15) is 5.03 Å². The van der Waals surface area contributed by atoms with Crippen molar-refractivity contribution in [3.05, 3.63) is 10.4 Å². The van der Waals surface area contributed by atoms with Gasteiger partial charge < -0.3 is 0 Å². The van der Waals surface area contributed by atoms with E-state index in [0.717, 1.165) is 0 Å². The molecule has 13 heavy (non-hydrogen) atoms. The lowest BCUT2D eigenvalue weighted by Crippen LogP contribution is -2.16. The van der Waals surface area contributed by atoms with Crippen LogP contribution in [0.2, 0.25) is 0 Å². The van der Waals surface area contributed by atoms with E-state index in [4.69, 9.17) is 0 Å². The van der Waals surface area contributed by atoms with Crippen LogP contribution in [-0.4, -0.2) is 10.6 Å². The molecule has 0 N–H and O–H groups in total. The highest BCUT2D eigenvalue weighted by Gasteiger charge is 2.25. The molecule has 1 aromatic rings. The fraction of sp³-hybridized carbons (Fsp3) is 0.700. The van der Waals surface area contributed by atoms with Gasteiger partial charge >= 0.3 is 0 Å². The molecular formula is C10H17NS2. The lowest BCUT2D eigenvalue weighted by atomic mass is 9.83. The number of hydrogen-bond acceptors (Lipinski definition) is 3. The molecule has 0 fully saturated rings. The minimum Gasteiger partial charge on any atom is -0.186 e. The molecule has 0 atom stereocenters. The van der Waals surface area contributed by atoms with Gasteiger partial charge in [0.25, 0.3) is 0 Å². The third kappa shape index (κ3) is 2.08. The van der Waals surface area contributed by atoms with Gasteiger partial charge in [-0.1, -0.05) is 20.8 Å². The molecule has 1 aromatic heterocycles. The summed E-state index contributed by atoms with van der Waals surface area (Å²) in [6.45, 7) is 9.00. The molecule has 0 bridgehead atoms. The molecule has 0 radical (unpaired) electrons. The van der Waals surface area contributed by atoms with Crippen LogP contribution >= 0.6 is 23.3 Å². The first kappa shape index (κ1) is 11.1. The molecule has 0 spiro atoms. The monoisotopic (exact) mass is 215 g/mol. The minimum absolute atomic E-state index is 0.273. The first-order valence-electron chi connectivity index (χ1n) is 4.53. The average molecular weight is 215 g/mol. The van der Waals surface area contributed by atoms with E-state index in [2.05, 4.69) is 38.3 Å². The number of aromatic nitrogens is 1. The van der Waals surface area contributed by atoms with Gasteiger partial charge in [-0.15, -0.1) is 11.8 Å². The molecule has 1 nitrogen and oxygen atoms in total. The van der Waals surface area contributed by atoms with Gasteiger partial charge in [-0.3, -0.25) is 0 Å². The van der Waals surface area contributed by atoms with Crippen molar-refractivity contribution in [3.8, 4) is 0 Å². The molecule has 0 aromatic carbocycles. The molecular weight excluding hydrogens is 198 g/mol. The molecule has 0 saturated heterocycles. The summed E-state index contributed by atoms with van der Waals surface area (Å²) in [5.74, 6) is 0. The van der Waals surface area contributed by atoms with E-state index in [1.807, 2.05) is 0 Å². The maximum absolute atomic E-state index is 4.45. The number of rotatable bonds is 3. The second kappa shape index (κ2) is 4.01. The first-order chi connectivity index (χ1) is 6.03. The van der Waals surface area contributed by atoms with Crippen LogP contribution in [0.5, 0.6) is 0 Å². The Kier molecular flexibility index (Phi) is 3.41. The fourth-order valence-corrected chi connectivity index (χ4v) is 3.32. The van der Waals surface area contributed by atoms with Gasteiger partial charge in [0, 0.05) is 10.4 Å². The van der Waals surface area contributed by atoms with Gasteiger partial charge in [-0.05, 0) is 36.5 Å². The summed E-state index contributed by atoms with van der Waals surface area (Å²) in [4.78, 5) is 1.37. The van der Waals surface area contributed by atoms with Gasteiger partial charge in [-0.25, -0.2) is 0 Å². The van der Waals surface area contributed by atoms with Crippen molar-refractivity contribution in [2.45, 2.75) is 44.6 Å². The lowest BCUT2D eigenvalue weighted by molar-refractivity contribution is 0.494. The predicted octanol–water partition coefficient (Wildman–Crippen LogP) is 3.86. The first-order valence-corrected chi connectivity index (χ1v) is 6.53. The van der Waals surface area contributed by atoms with Crippen molar-refractivity contribution in [2.24, 2.45) is 0 Å². The summed E-state index contributed by atoms with van der Waals surface area (Å²) in [5.41, 5.74) is 1.72. The van der Waals surface area contributed by atoms with Crippen molar-refractivity contribution < 1.29 is 0 Å². The molecule has 3 heteroatoms. The summed E-state index contributed by atoms with van der Waals surface area (Å²) >= 11 is 3.38. The predicted molar refractivity (Wildman–Crippen MR) is 61.9 cm³/mol. The maximum Gasteiger partial charge on any atom is 0.114 e. The Morgan fingerprint density at radius 2 is 2.08 bits per heavy atom. The second-order valence-electron chi connectivity index (χ2n) is 3.86. The maximum atomic E-state index is 4.45. The van der Waals surface area contributed by atoms with Crippen LogP contribution in [0.15, 0.2) is 5.03 Å². The SMILES string of the molecule is CCC(C)(C)c1c(SC)nsc1C. The van der Waals surface area contributed by atoms with E-state index in [1.165, 1.54) is 21.9 Å². The zero-order valence-corrected chi connectivity index (χ0v) is 10.6. The summed E-state index contributed by atoms with van der Waals surface area (Å²) in [6, 6.07) is 0. The third-order valence-corrected chi connectivity index (χ3v) is 4.13. The molecule has 1 rings (SSSR count). The Hall–Kier alpha value is -0.0200. The highest BCUT2D eigenvalue weighted by atomic mass is 32.2. The van der Waals surface area contributed by atoms with Gasteiger partial charge in [0.05, 0.1) is 0 Å².